The Morgan fingerprint density at radius 3 is 2.53 bits per heavy atom. The Kier molecular flexibility index (Phi) is 4.14. The first-order valence-corrected chi connectivity index (χ1v) is 6.58. The van der Waals surface area contributed by atoms with E-state index in [2.05, 4.69) is 5.32 Å². The molecule has 0 saturated carbocycles. The molecule has 1 amide bonds. The van der Waals surface area contributed by atoms with Crippen molar-refractivity contribution in [3.8, 4) is 0 Å². The van der Waals surface area contributed by atoms with E-state index in [1.807, 2.05) is 22.6 Å². The maximum absolute atomic E-state index is 13.6. The minimum Gasteiger partial charge on any atom is -0.321 e. The van der Waals surface area contributed by atoms with E-state index < -0.39 is 11.7 Å². The third kappa shape index (κ3) is 3.28. The summed E-state index contributed by atoms with van der Waals surface area (Å²) in [7, 11) is 0. The van der Waals surface area contributed by atoms with E-state index in [4.69, 9.17) is 0 Å². The molecule has 2 rings (SSSR count). The van der Waals surface area contributed by atoms with Gasteiger partial charge in [-0.15, -0.1) is 0 Å². The summed E-state index contributed by atoms with van der Waals surface area (Å²) in [6.45, 7) is 1.74. The molecule has 5 heteroatoms. The largest absolute Gasteiger partial charge is 0.321 e. The molecular weight excluding hydrogens is 363 g/mol. The Labute approximate surface area is 123 Å². The van der Waals surface area contributed by atoms with Gasteiger partial charge in [0.1, 0.15) is 11.6 Å². The monoisotopic (exact) mass is 373 g/mol. The lowest BCUT2D eigenvalue weighted by atomic mass is 10.1. The third-order valence-corrected chi connectivity index (χ3v) is 3.44. The van der Waals surface area contributed by atoms with Crippen molar-refractivity contribution in [2.75, 3.05) is 5.32 Å². The lowest BCUT2D eigenvalue weighted by Crippen LogP contribution is -2.14. The number of aryl methyl sites for hydroxylation is 1. The minimum atomic E-state index is -0.574. The standard InChI is InChI=1S/C14H10F2INO/c1-8-2-4-10(11(16)6-8)14(19)18-13-5-3-9(15)7-12(13)17/h2-7H,1H3,(H,18,19). The van der Waals surface area contributed by atoms with Crippen LogP contribution in [-0.2, 0) is 0 Å². The first-order chi connectivity index (χ1) is 8.97. The summed E-state index contributed by atoms with van der Waals surface area (Å²) in [5, 5.41) is 2.56. The lowest BCUT2D eigenvalue weighted by molar-refractivity contribution is 0.102. The second-order valence-electron chi connectivity index (χ2n) is 4.06. The Balaban J connectivity index is 2.25. The van der Waals surface area contributed by atoms with Gasteiger partial charge in [0.2, 0.25) is 0 Å². The van der Waals surface area contributed by atoms with Crippen LogP contribution in [0.25, 0.3) is 0 Å². The number of carbonyl (C=O) groups excluding carboxylic acids is 1. The summed E-state index contributed by atoms with van der Waals surface area (Å²) in [5.74, 6) is -1.51. The first-order valence-electron chi connectivity index (χ1n) is 5.50. The molecule has 1 N–H and O–H groups in total. The van der Waals surface area contributed by atoms with Gasteiger partial charge in [-0.3, -0.25) is 4.79 Å². The van der Waals surface area contributed by atoms with Crippen LogP contribution >= 0.6 is 22.6 Å². The number of hydrogen-bond acceptors (Lipinski definition) is 1. The molecular formula is C14H10F2INO. The highest BCUT2D eigenvalue weighted by Crippen LogP contribution is 2.20. The summed E-state index contributed by atoms with van der Waals surface area (Å²) >= 11 is 1.90. The van der Waals surface area contributed by atoms with Crippen LogP contribution in [0.1, 0.15) is 15.9 Å². The summed E-state index contributed by atoms with van der Waals surface area (Å²) in [6.07, 6.45) is 0. The molecule has 0 saturated heterocycles. The average Bonchev–Trinajstić information content (AvgIpc) is 2.32. The topological polar surface area (TPSA) is 29.1 Å². The van der Waals surface area contributed by atoms with Gasteiger partial charge >= 0.3 is 0 Å². The number of nitrogens with one attached hydrogen (secondary N) is 1. The van der Waals surface area contributed by atoms with Crippen molar-refractivity contribution in [2.45, 2.75) is 6.92 Å². The van der Waals surface area contributed by atoms with Gasteiger partial charge in [0, 0.05) is 3.57 Å². The second-order valence-corrected chi connectivity index (χ2v) is 5.22. The smallest absolute Gasteiger partial charge is 0.258 e. The molecule has 98 valence electrons. The van der Waals surface area contributed by atoms with Crippen LogP contribution in [0, 0.1) is 22.1 Å². The molecule has 0 bridgehead atoms. The molecule has 0 aromatic heterocycles. The third-order valence-electron chi connectivity index (χ3n) is 2.55. The normalized spacial score (nSPS) is 10.3. The Morgan fingerprint density at radius 2 is 1.89 bits per heavy atom. The fourth-order valence-electron chi connectivity index (χ4n) is 1.58. The van der Waals surface area contributed by atoms with Crippen molar-refractivity contribution in [3.05, 3.63) is 62.7 Å². The number of hydrogen-bond donors (Lipinski definition) is 1. The molecule has 2 aromatic carbocycles. The van der Waals surface area contributed by atoms with E-state index in [0.29, 0.717) is 9.26 Å². The average molecular weight is 373 g/mol. The molecule has 2 nitrogen and oxygen atoms in total. The molecule has 0 aliphatic heterocycles. The number of carbonyl (C=O) groups is 1. The van der Waals surface area contributed by atoms with Gasteiger partial charge < -0.3 is 5.32 Å². The van der Waals surface area contributed by atoms with Gasteiger partial charge in [-0.2, -0.15) is 0 Å². The zero-order valence-electron chi connectivity index (χ0n) is 10.0. The molecule has 2 aromatic rings. The number of halogens is 3. The molecule has 0 atom stereocenters. The Bertz CT molecular complexity index is 643. The van der Waals surface area contributed by atoms with Gasteiger partial charge in [0.15, 0.2) is 0 Å². The van der Waals surface area contributed by atoms with Crippen LogP contribution in [0.2, 0.25) is 0 Å². The Morgan fingerprint density at radius 1 is 1.16 bits per heavy atom. The quantitative estimate of drug-likeness (QED) is 0.789. The number of rotatable bonds is 2. The van der Waals surface area contributed by atoms with Gasteiger partial charge in [-0.1, -0.05) is 6.07 Å². The highest BCUT2D eigenvalue weighted by molar-refractivity contribution is 14.1. The molecule has 0 aliphatic rings. The summed E-state index contributed by atoms with van der Waals surface area (Å²) < 4.78 is 27.1. The molecule has 0 spiro atoms. The van der Waals surface area contributed by atoms with Crippen molar-refractivity contribution in [1.29, 1.82) is 0 Å². The maximum atomic E-state index is 13.6. The van der Waals surface area contributed by atoms with Crippen LogP contribution in [0.4, 0.5) is 14.5 Å². The number of amides is 1. The van der Waals surface area contributed by atoms with E-state index in [0.717, 1.165) is 5.56 Å². The first kappa shape index (κ1) is 13.9. The van der Waals surface area contributed by atoms with Crippen molar-refractivity contribution < 1.29 is 13.6 Å². The highest BCUT2D eigenvalue weighted by atomic mass is 127. The fourth-order valence-corrected chi connectivity index (χ4v) is 2.20. The Hall–Kier alpha value is -1.50. The van der Waals surface area contributed by atoms with Crippen LogP contribution in [-0.4, -0.2) is 5.91 Å². The summed E-state index contributed by atoms with van der Waals surface area (Å²) in [4.78, 5) is 11.9. The van der Waals surface area contributed by atoms with Crippen LogP contribution < -0.4 is 5.32 Å². The van der Waals surface area contributed by atoms with Crippen molar-refractivity contribution in [2.24, 2.45) is 0 Å². The number of benzene rings is 2. The van der Waals surface area contributed by atoms with Crippen LogP contribution in [0.5, 0.6) is 0 Å². The molecule has 0 aliphatic carbocycles. The lowest BCUT2D eigenvalue weighted by Gasteiger charge is -2.08. The van der Waals surface area contributed by atoms with E-state index in [-0.39, 0.29) is 11.4 Å². The van der Waals surface area contributed by atoms with Gasteiger partial charge in [0.25, 0.3) is 5.91 Å². The predicted octanol–water partition coefficient (Wildman–Crippen LogP) is 4.13. The maximum Gasteiger partial charge on any atom is 0.258 e. The van der Waals surface area contributed by atoms with E-state index in [9.17, 15) is 13.6 Å². The predicted molar refractivity (Wildman–Crippen MR) is 78.2 cm³/mol. The molecule has 0 unspecified atom stereocenters. The van der Waals surface area contributed by atoms with Crippen molar-refractivity contribution in [1.82, 2.24) is 0 Å². The van der Waals surface area contributed by atoms with Crippen LogP contribution in [0.3, 0.4) is 0 Å². The molecule has 0 radical (unpaired) electrons. The highest BCUT2D eigenvalue weighted by Gasteiger charge is 2.13. The summed E-state index contributed by atoms with van der Waals surface area (Å²) in [5.41, 5.74) is 1.16. The van der Waals surface area contributed by atoms with Gasteiger partial charge in [-0.25, -0.2) is 8.78 Å². The second kappa shape index (κ2) is 5.64. The SMILES string of the molecule is Cc1ccc(C(=O)Nc2ccc(F)cc2I)c(F)c1. The number of anilines is 1. The molecule has 0 heterocycles. The van der Waals surface area contributed by atoms with E-state index >= 15 is 0 Å². The zero-order valence-corrected chi connectivity index (χ0v) is 12.2. The van der Waals surface area contributed by atoms with Crippen LogP contribution in [0.15, 0.2) is 36.4 Å². The zero-order chi connectivity index (χ0) is 14.0. The summed E-state index contributed by atoms with van der Waals surface area (Å²) in [6, 6.07) is 8.36. The molecule has 19 heavy (non-hydrogen) atoms. The van der Waals surface area contributed by atoms with Crippen molar-refractivity contribution >= 4 is 34.2 Å². The van der Waals surface area contributed by atoms with Crippen molar-refractivity contribution in [3.63, 3.8) is 0 Å². The van der Waals surface area contributed by atoms with E-state index in [1.165, 1.54) is 30.3 Å². The van der Waals surface area contributed by atoms with Gasteiger partial charge in [-0.05, 0) is 65.4 Å². The fraction of sp³-hybridized carbons (Fsp3) is 0.0714. The van der Waals surface area contributed by atoms with Gasteiger partial charge in [0.05, 0.1) is 11.3 Å². The molecule has 0 fully saturated rings. The van der Waals surface area contributed by atoms with E-state index in [1.54, 1.807) is 13.0 Å². The minimum absolute atomic E-state index is 0.0364.